The second kappa shape index (κ2) is 10.2. The molecule has 6 nitrogen and oxygen atoms in total. The molecular weight excluding hydrogens is 384 g/mol. The van der Waals surface area contributed by atoms with Crippen molar-refractivity contribution >= 4 is 23.6 Å². The number of carbonyl (C=O) groups is 2. The lowest BCUT2D eigenvalue weighted by Gasteiger charge is -2.11. The number of rotatable bonds is 8. The fourth-order valence-corrected chi connectivity index (χ4v) is 2.44. The molecule has 0 atom stereocenters. The molecule has 0 unspecified atom stereocenters. The number of hydrogen-bond acceptors (Lipinski definition) is 5. The molecule has 2 aromatic carbocycles. The van der Waals surface area contributed by atoms with Gasteiger partial charge in [-0.05, 0) is 55.3 Å². The van der Waals surface area contributed by atoms with E-state index >= 15 is 0 Å². The summed E-state index contributed by atoms with van der Waals surface area (Å²) in [6, 6.07) is 9.18. The van der Waals surface area contributed by atoms with Crippen molar-refractivity contribution in [1.82, 2.24) is 0 Å². The zero-order chi connectivity index (χ0) is 21.4. The lowest BCUT2D eigenvalue weighted by molar-refractivity contribution is -0.111. The van der Waals surface area contributed by atoms with Crippen LogP contribution in [0.25, 0.3) is 6.08 Å². The molecule has 0 aliphatic rings. The highest BCUT2D eigenvalue weighted by atomic mass is 19.3. The highest BCUT2D eigenvalue weighted by Gasteiger charge is 2.12. The number of carbonyl (C=O) groups excluding carboxylic acids is 2. The van der Waals surface area contributed by atoms with E-state index in [9.17, 15) is 18.4 Å². The number of halogens is 2. The second-order valence-corrected chi connectivity index (χ2v) is 5.86. The molecule has 2 aromatic rings. The SMILES string of the molecule is CCOc1cc(/C=C/C(=O)Nc2cc(C(=O)OC)ccc2C)ccc1OC(F)F. The Bertz CT molecular complexity index is 912. The minimum Gasteiger partial charge on any atom is -0.490 e. The molecule has 0 fully saturated rings. The van der Waals surface area contributed by atoms with Gasteiger partial charge in [-0.1, -0.05) is 12.1 Å². The van der Waals surface area contributed by atoms with Crippen LogP contribution in [0.2, 0.25) is 0 Å². The first-order chi connectivity index (χ1) is 13.8. The van der Waals surface area contributed by atoms with Gasteiger partial charge in [0.2, 0.25) is 5.91 Å². The molecule has 8 heteroatoms. The van der Waals surface area contributed by atoms with E-state index in [2.05, 4.69) is 14.8 Å². The van der Waals surface area contributed by atoms with Gasteiger partial charge in [-0.25, -0.2) is 4.79 Å². The Morgan fingerprint density at radius 2 is 1.90 bits per heavy atom. The fourth-order valence-electron chi connectivity index (χ4n) is 2.44. The van der Waals surface area contributed by atoms with E-state index in [1.54, 1.807) is 26.0 Å². The van der Waals surface area contributed by atoms with Crippen molar-refractivity contribution in [3.63, 3.8) is 0 Å². The van der Waals surface area contributed by atoms with Crippen molar-refractivity contribution in [2.75, 3.05) is 19.0 Å². The number of benzene rings is 2. The minimum absolute atomic E-state index is 0.0845. The Morgan fingerprint density at radius 3 is 2.55 bits per heavy atom. The maximum absolute atomic E-state index is 12.5. The normalized spacial score (nSPS) is 10.8. The van der Waals surface area contributed by atoms with Crippen molar-refractivity contribution in [2.45, 2.75) is 20.5 Å². The van der Waals surface area contributed by atoms with Gasteiger partial charge in [0.15, 0.2) is 11.5 Å². The van der Waals surface area contributed by atoms with Crippen molar-refractivity contribution in [3.05, 3.63) is 59.2 Å². The number of amides is 1. The van der Waals surface area contributed by atoms with E-state index in [1.165, 1.54) is 43.5 Å². The molecule has 154 valence electrons. The first kappa shape index (κ1) is 21.9. The van der Waals surface area contributed by atoms with Gasteiger partial charge in [0.25, 0.3) is 0 Å². The van der Waals surface area contributed by atoms with Crippen LogP contribution in [-0.4, -0.2) is 32.2 Å². The Kier molecular flexibility index (Phi) is 7.70. The molecule has 0 saturated carbocycles. The van der Waals surface area contributed by atoms with Crippen LogP contribution >= 0.6 is 0 Å². The Hall–Kier alpha value is -3.42. The summed E-state index contributed by atoms with van der Waals surface area (Å²) in [5, 5.41) is 2.69. The van der Waals surface area contributed by atoms with Gasteiger partial charge in [-0.2, -0.15) is 8.78 Å². The van der Waals surface area contributed by atoms with Gasteiger partial charge >= 0.3 is 12.6 Å². The lowest BCUT2D eigenvalue weighted by Crippen LogP contribution is -2.10. The van der Waals surface area contributed by atoms with Gasteiger partial charge in [0.05, 0.1) is 19.3 Å². The summed E-state index contributed by atoms with van der Waals surface area (Å²) in [6.45, 7) is 0.803. The van der Waals surface area contributed by atoms with E-state index in [1.807, 2.05) is 0 Å². The van der Waals surface area contributed by atoms with E-state index in [-0.39, 0.29) is 18.1 Å². The number of esters is 1. The van der Waals surface area contributed by atoms with Gasteiger partial charge in [0, 0.05) is 11.8 Å². The second-order valence-electron chi connectivity index (χ2n) is 5.86. The van der Waals surface area contributed by atoms with Crippen molar-refractivity contribution in [2.24, 2.45) is 0 Å². The maximum atomic E-state index is 12.5. The largest absolute Gasteiger partial charge is 0.490 e. The highest BCUT2D eigenvalue weighted by Crippen LogP contribution is 2.30. The predicted octanol–water partition coefficient (Wildman–Crippen LogP) is 4.43. The molecule has 29 heavy (non-hydrogen) atoms. The van der Waals surface area contributed by atoms with Crippen LogP contribution in [0.1, 0.15) is 28.4 Å². The molecule has 2 rings (SSSR count). The summed E-state index contributed by atoms with van der Waals surface area (Å²) in [5.74, 6) is -0.873. The number of nitrogens with one attached hydrogen (secondary N) is 1. The molecular formula is C21H21F2NO5. The first-order valence-electron chi connectivity index (χ1n) is 8.73. The third kappa shape index (κ3) is 6.31. The summed E-state index contributed by atoms with van der Waals surface area (Å²) in [6.07, 6.45) is 2.78. The van der Waals surface area contributed by atoms with Crippen molar-refractivity contribution < 1.29 is 32.6 Å². The maximum Gasteiger partial charge on any atom is 0.387 e. The van der Waals surface area contributed by atoms with Crippen LogP contribution < -0.4 is 14.8 Å². The quantitative estimate of drug-likeness (QED) is 0.519. The number of aryl methyl sites for hydroxylation is 1. The van der Waals surface area contributed by atoms with Crippen LogP contribution in [0, 0.1) is 6.92 Å². The average molecular weight is 405 g/mol. The monoisotopic (exact) mass is 405 g/mol. The fraction of sp³-hybridized carbons (Fsp3) is 0.238. The Labute approximate surface area is 167 Å². The van der Waals surface area contributed by atoms with E-state index < -0.39 is 18.5 Å². The van der Waals surface area contributed by atoms with Gasteiger partial charge in [-0.15, -0.1) is 0 Å². The summed E-state index contributed by atoms with van der Waals surface area (Å²) in [5.41, 5.74) is 2.11. The Balaban J connectivity index is 2.14. The molecule has 0 bridgehead atoms. The third-order valence-corrected chi connectivity index (χ3v) is 3.83. The van der Waals surface area contributed by atoms with E-state index in [0.29, 0.717) is 16.8 Å². The zero-order valence-electron chi connectivity index (χ0n) is 16.2. The van der Waals surface area contributed by atoms with Crippen LogP contribution in [-0.2, 0) is 9.53 Å². The van der Waals surface area contributed by atoms with E-state index in [4.69, 9.17) is 4.74 Å². The third-order valence-electron chi connectivity index (χ3n) is 3.83. The van der Waals surface area contributed by atoms with E-state index in [0.717, 1.165) is 5.56 Å². The molecule has 0 aliphatic heterocycles. The van der Waals surface area contributed by atoms with Crippen LogP contribution in [0.3, 0.4) is 0 Å². The molecule has 0 saturated heterocycles. The molecule has 0 heterocycles. The first-order valence-corrected chi connectivity index (χ1v) is 8.73. The van der Waals surface area contributed by atoms with Gasteiger partial charge in [-0.3, -0.25) is 4.79 Å². The summed E-state index contributed by atoms with van der Waals surface area (Å²) < 4.78 is 39.3. The van der Waals surface area contributed by atoms with Gasteiger partial charge in [0.1, 0.15) is 0 Å². The molecule has 1 amide bonds. The molecule has 0 radical (unpaired) electrons. The van der Waals surface area contributed by atoms with Gasteiger partial charge < -0.3 is 19.5 Å². The molecule has 0 aliphatic carbocycles. The van der Waals surface area contributed by atoms with Crippen LogP contribution in [0.5, 0.6) is 11.5 Å². The summed E-state index contributed by atoms with van der Waals surface area (Å²) in [7, 11) is 1.28. The average Bonchev–Trinajstić information content (AvgIpc) is 2.69. The smallest absolute Gasteiger partial charge is 0.387 e. The standard InChI is InChI=1S/C21H21F2NO5/c1-4-28-18-11-14(6-9-17(18)29-21(22)23)7-10-19(25)24-16-12-15(20(26)27-3)8-5-13(16)2/h5-12,21H,4H2,1-3H3,(H,24,25)/b10-7+. The number of anilines is 1. The topological polar surface area (TPSA) is 73.9 Å². The molecule has 1 N–H and O–H groups in total. The lowest BCUT2D eigenvalue weighted by atomic mass is 10.1. The Morgan fingerprint density at radius 1 is 1.14 bits per heavy atom. The van der Waals surface area contributed by atoms with Crippen LogP contribution in [0.4, 0.5) is 14.5 Å². The number of alkyl halides is 2. The predicted molar refractivity (Wildman–Crippen MR) is 104 cm³/mol. The zero-order valence-corrected chi connectivity index (χ0v) is 16.2. The molecule has 0 aromatic heterocycles. The van der Waals surface area contributed by atoms with Crippen LogP contribution in [0.15, 0.2) is 42.5 Å². The number of ether oxygens (including phenoxy) is 3. The number of hydrogen-bond donors (Lipinski definition) is 1. The summed E-state index contributed by atoms with van der Waals surface area (Å²) in [4.78, 5) is 23.9. The van der Waals surface area contributed by atoms with Crippen molar-refractivity contribution in [3.8, 4) is 11.5 Å². The van der Waals surface area contributed by atoms with Crippen molar-refractivity contribution in [1.29, 1.82) is 0 Å². The highest BCUT2D eigenvalue weighted by molar-refractivity contribution is 6.03. The number of methoxy groups -OCH3 is 1. The summed E-state index contributed by atoms with van der Waals surface area (Å²) >= 11 is 0. The molecule has 0 spiro atoms. The minimum atomic E-state index is -2.97.